The highest BCUT2D eigenvalue weighted by molar-refractivity contribution is 6.08. The monoisotopic (exact) mass is 440 g/mol. The third kappa shape index (κ3) is 3.23. The molecule has 1 aromatic carbocycles. The van der Waals surface area contributed by atoms with Gasteiger partial charge >= 0.3 is 6.18 Å². The lowest BCUT2D eigenvalue weighted by Crippen LogP contribution is -2.18. The second-order valence-corrected chi connectivity index (χ2v) is 6.87. The summed E-state index contributed by atoms with van der Waals surface area (Å²) in [4.78, 5) is 16.8. The van der Waals surface area contributed by atoms with E-state index in [2.05, 4.69) is 25.6 Å². The lowest BCUT2D eigenvalue weighted by atomic mass is 10.1. The number of aromatic amines is 1. The quantitative estimate of drug-likeness (QED) is 0.399. The van der Waals surface area contributed by atoms with E-state index < -0.39 is 29.0 Å². The van der Waals surface area contributed by atoms with Crippen LogP contribution >= 0.6 is 0 Å². The summed E-state index contributed by atoms with van der Waals surface area (Å²) in [6.45, 7) is 0. The molecule has 2 N–H and O–H groups in total. The number of hydrogen-bond donors (Lipinski definition) is 2. The van der Waals surface area contributed by atoms with Crippen molar-refractivity contribution in [3.63, 3.8) is 0 Å². The van der Waals surface area contributed by atoms with Gasteiger partial charge in [-0.3, -0.25) is 9.89 Å². The number of nitrogens with one attached hydrogen (secondary N) is 2. The first-order valence-corrected chi connectivity index (χ1v) is 9.28. The summed E-state index contributed by atoms with van der Waals surface area (Å²) in [5, 5.41) is 13.0. The number of benzene rings is 1. The molecule has 160 valence electrons. The fourth-order valence-electron chi connectivity index (χ4n) is 3.43. The van der Waals surface area contributed by atoms with Crippen LogP contribution in [0.2, 0.25) is 0 Å². The molecule has 4 aromatic heterocycles. The molecule has 5 rings (SSSR count). The molecule has 0 unspecified atom stereocenters. The predicted molar refractivity (Wildman–Crippen MR) is 107 cm³/mol. The van der Waals surface area contributed by atoms with E-state index in [1.54, 1.807) is 28.9 Å². The van der Waals surface area contributed by atoms with Crippen LogP contribution in [0.25, 0.3) is 27.8 Å². The molecule has 32 heavy (non-hydrogen) atoms. The van der Waals surface area contributed by atoms with E-state index in [4.69, 9.17) is 0 Å². The number of halogens is 4. The zero-order valence-electron chi connectivity index (χ0n) is 16.0. The van der Waals surface area contributed by atoms with E-state index >= 15 is 0 Å². The van der Waals surface area contributed by atoms with Gasteiger partial charge < -0.3 is 5.32 Å². The van der Waals surface area contributed by atoms with Crippen molar-refractivity contribution in [3.05, 3.63) is 77.9 Å². The van der Waals surface area contributed by atoms with Gasteiger partial charge in [0.25, 0.3) is 5.91 Å². The molecule has 5 aromatic rings. The number of pyridine rings is 2. The van der Waals surface area contributed by atoms with E-state index in [0.717, 1.165) is 18.2 Å². The summed E-state index contributed by atoms with van der Waals surface area (Å²) < 4.78 is 56.2. The molecular formula is C21H12F4N6O. The van der Waals surface area contributed by atoms with Crippen LogP contribution in [0.15, 0.2) is 60.9 Å². The maximum atomic E-state index is 14.9. The van der Waals surface area contributed by atoms with Crippen LogP contribution in [0.5, 0.6) is 0 Å². The second-order valence-electron chi connectivity index (χ2n) is 6.87. The van der Waals surface area contributed by atoms with Crippen molar-refractivity contribution in [2.24, 2.45) is 0 Å². The Labute approximate surface area is 176 Å². The molecule has 0 saturated carbocycles. The minimum atomic E-state index is -4.71. The van der Waals surface area contributed by atoms with Gasteiger partial charge in [0.15, 0.2) is 17.3 Å². The molecule has 0 aliphatic rings. The summed E-state index contributed by atoms with van der Waals surface area (Å²) in [5.74, 6) is -1.87. The Kier molecular flexibility index (Phi) is 4.40. The van der Waals surface area contributed by atoms with Crippen LogP contribution in [-0.4, -0.2) is 30.7 Å². The normalized spacial score (nSPS) is 11.9. The molecule has 7 nitrogen and oxygen atoms in total. The number of aromatic nitrogens is 5. The smallest absolute Gasteiger partial charge is 0.304 e. The summed E-state index contributed by atoms with van der Waals surface area (Å²) in [6.07, 6.45) is -1.53. The molecule has 0 aliphatic heterocycles. The molecule has 0 atom stereocenters. The van der Waals surface area contributed by atoms with Crippen LogP contribution in [0.1, 0.15) is 15.9 Å². The highest BCUT2D eigenvalue weighted by Gasteiger charge is 2.35. The second kappa shape index (κ2) is 7.15. The first kappa shape index (κ1) is 19.7. The van der Waals surface area contributed by atoms with Crippen LogP contribution in [-0.2, 0) is 6.18 Å². The van der Waals surface area contributed by atoms with E-state index in [-0.39, 0.29) is 22.5 Å². The zero-order valence-corrected chi connectivity index (χ0v) is 16.0. The van der Waals surface area contributed by atoms with Crippen molar-refractivity contribution < 1.29 is 22.4 Å². The van der Waals surface area contributed by atoms with Crippen molar-refractivity contribution >= 4 is 28.3 Å². The van der Waals surface area contributed by atoms with Crippen LogP contribution in [0.3, 0.4) is 0 Å². The standard InChI is InChI=1S/C21H12F4N6O/c22-15-9-12-18(27-17(15)13-10-26-31-8-4-3-7-16(13)31)29-30-19(12)28-20(32)11-5-1-2-6-14(11)21(23,24)25/h1-10H,(H2,27,28,29,30,32). The van der Waals surface area contributed by atoms with Crippen molar-refractivity contribution in [1.82, 2.24) is 24.8 Å². The maximum Gasteiger partial charge on any atom is 0.417 e. The van der Waals surface area contributed by atoms with Crippen molar-refractivity contribution in [3.8, 4) is 11.3 Å². The third-order valence-corrected chi connectivity index (χ3v) is 4.90. The number of rotatable bonds is 3. The summed E-state index contributed by atoms with van der Waals surface area (Å²) in [6, 6.07) is 10.8. The van der Waals surface area contributed by atoms with Gasteiger partial charge in [0, 0.05) is 11.8 Å². The summed E-state index contributed by atoms with van der Waals surface area (Å²) in [7, 11) is 0. The van der Waals surface area contributed by atoms with Gasteiger partial charge in [0.2, 0.25) is 0 Å². The maximum absolute atomic E-state index is 14.9. The molecule has 0 spiro atoms. The number of nitrogens with zero attached hydrogens (tertiary/aromatic N) is 4. The Hall–Kier alpha value is -4.28. The highest BCUT2D eigenvalue weighted by Crippen LogP contribution is 2.33. The zero-order chi connectivity index (χ0) is 22.5. The Bertz CT molecular complexity index is 1490. The van der Waals surface area contributed by atoms with E-state index in [1.807, 2.05) is 0 Å². The Morgan fingerprint density at radius 2 is 1.88 bits per heavy atom. The number of anilines is 1. The molecule has 0 saturated heterocycles. The van der Waals surface area contributed by atoms with Gasteiger partial charge in [-0.25, -0.2) is 13.9 Å². The van der Waals surface area contributed by atoms with Crippen molar-refractivity contribution in [2.75, 3.05) is 5.32 Å². The fourth-order valence-corrected chi connectivity index (χ4v) is 3.43. The highest BCUT2D eigenvalue weighted by atomic mass is 19.4. The largest absolute Gasteiger partial charge is 0.417 e. The fraction of sp³-hybridized carbons (Fsp3) is 0.0476. The molecular weight excluding hydrogens is 428 g/mol. The van der Waals surface area contributed by atoms with Gasteiger partial charge in [-0.15, -0.1) is 0 Å². The van der Waals surface area contributed by atoms with Gasteiger partial charge in [-0.1, -0.05) is 18.2 Å². The van der Waals surface area contributed by atoms with Gasteiger partial charge in [0.05, 0.1) is 28.2 Å². The summed E-state index contributed by atoms with van der Waals surface area (Å²) >= 11 is 0. The SMILES string of the molecule is O=C(Nc1n[nH]c2nc(-c3cnn4ccccc34)c(F)cc12)c1ccccc1C(F)(F)F. The number of amides is 1. The average Bonchev–Trinajstić information content (AvgIpc) is 3.36. The Morgan fingerprint density at radius 1 is 1.09 bits per heavy atom. The lowest BCUT2D eigenvalue weighted by Gasteiger charge is -2.11. The lowest BCUT2D eigenvalue weighted by molar-refractivity contribution is -0.137. The minimum absolute atomic E-state index is 0.0163. The first-order chi connectivity index (χ1) is 15.3. The van der Waals surface area contributed by atoms with Crippen LogP contribution in [0.4, 0.5) is 23.4 Å². The number of hydrogen-bond acceptors (Lipinski definition) is 4. The summed E-state index contributed by atoms with van der Waals surface area (Å²) in [5.41, 5.74) is -0.414. The Morgan fingerprint density at radius 3 is 2.69 bits per heavy atom. The number of carbonyl (C=O) groups excluding carboxylic acids is 1. The van der Waals surface area contributed by atoms with E-state index in [1.165, 1.54) is 18.3 Å². The van der Waals surface area contributed by atoms with E-state index in [0.29, 0.717) is 11.1 Å². The molecule has 0 bridgehead atoms. The molecule has 0 aliphatic carbocycles. The van der Waals surface area contributed by atoms with Crippen molar-refractivity contribution in [2.45, 2.75) is 6.18 Å². The van der Waals surface area contributed by atoms with Crippen LogP contribution < -0.4 is 5.32 Å². The number of carbonyl (C=O) groups is 1. The van der Waals surface area contributed by atoms with Crippen LogP contribution in [0, 0.1) is 5.82 Å². The molecule has 0 radical (unpaired) electrons. The minimum Gasteiger partial charge on any atom is -0.304 e. The Balaban J connectivity index is 1.53. The number of fused-ring (bicyclic) bond motifs is 2. The first-order valence-electron chi connectivity index (χ1n) is 9.28. The number of alkyl halides is 3. The third-order valence-electron chi connectivity index (χ3n) is 4.90. The molecule has 11 heteroatoms. The molecule has 0 fully saturated rings. The molecule has 1 amide bonds. The average molecular weight is 440 g/mol. The van der Waals surface area contributed by atoms with E-state index in [9.17, 15) is 22.4 Å². The number of H-pyrrole nitrogens is 1. The van der Waals surface area contributed by atoms with Crippen molar-refractivity contribution in [1.29, 1.82) is 0 Å². The van der Waals surface area contributed by atoms with Gasteiger partial charge in [-0.05, 0) is 30.3 Å². The van der Waals surface area contributed by atoms with Gasteiger partial charge in [0.1, 0.15) is 5.69 Å². The van der Waals surface area contributed by atoms with Gasteiger partial charge in [-0.2, -0.15) is 23.4 Å². The predicted octanol–water partition coefficient (Wildman–Crippen LogP) is 4.68. The molecule has 4 heterocycles. The topological polar surface area (TPSA) is 88.0 Å².